The topological polar surface area (TPSA) is 49.7 Å². The molecule has 0 saturated heterocycles. The Labute approximate surface area is 71.0 Å². The van der Waals surface area contributed by atoms with Crippen LogP contribution >= 0.6 is 0 Å². The van der Waals surface area contributed by atoms with Crippen LogP contribution in [0.2, 0.25) is 0 Å². The number of hydrogen-bond acceptors (Lipinski definition) is 3. The molecule has 0 fully saturated rings. The first-order valence-electron chi connectivity index (χ1n) is 3.81. The molecule has 0 saturated carbocycles. The van der Waals surface area contributed by atoms with E-state index in [-0.39, 0.29) is 0 Å². The van der Waals surface area contributed by atoms with Crippen LogP contribution in [0.3, 0.4) is 0 Å². The van der Waals surface area contributed by atoms with Gasteiger partial charge in [0.1, 0.15) is 12.1 Å². The van der Waals surface area contributed by atoms with Gasteiger partial charge in [-0.25, -0.2) is 0 Å². The van der Waals surface area contributed by atoms with E-state index in [2.05, 4.69) is 5.18 Å². The van der Waals surface area contributed by atoms with Crippen molar-refractivity contribution in [1.29, 1.82) is 0 Å². The Morgan fingerprint density at radius 1 is 1.33 bits per heavy atom. The molecule has 0 amide bonds. The van der Waals surface area contributed by atoms with E-state index in [4.69, 9.17) is 0 Å². The summed E-state index contributed by atoms with van der Waals surface area (Å²) >= 11 is 0. The fraction of sp³-hybridized carbons (Fsp3) is 0.333. The zero-order valence-corrected chi connectivity index (χ0v) is 6.84. The van der Waals surface area contributed by atoms with Gasteiger partial charge < -0.3 is 5.11 Å². The van der Waals surface area contributed by atoms with E-state index in [1.165, 1.54) is 0 Å². The Morgan fingerprint density at radius 3 is 2.42 bits per heavy atom. The maximum atomic E-state index is 10.1. The molecule has 0 heterocycles. The van der Waals surface area contributed by atoms with Crippen LogP contribution in [0.5, 0.6) is 0 Å². The lowest BCUT2D eigenvalue weighted by molar-refractivity contribution is 0.153. The molecule has 3 heteroatoms. The molecule has 3 nitrogen and oxygen atoms in total. The van der Waals surface area contributed by atoms with Gasteiger partial charge in [0.25, 0.3) is 0 Å². The molecule has 1 aromatic carbocycles. The molecule has 0 aliphatic heterocycles. The van der Waals surface area contributed by atoms with Crippen LogP contribution < -0.4 is 0 Å². The van der Waals surface area contributed by atoms with Gasteiger partial charge in [0, 0.05) is 0 Å². The Bertz CT molecular complexity index is 248. The van der Waals surface area contributed by atoms with E-state index in [9.17, 15) is 10.0 Å². The van der Waals surface area contributed by atoms with E-state index in [1.807, 2.05) is 18.2 Å². The molecule has 1 aromatic rings. The summed E-state index contributed by atoms with van der Waals surface area (Å²) in [6.07, 6.45) is -0.788. The third kappa shape index (κ3) is 1.89. The summed E-state index contributed by atoms with van der Waals surface area (Å²) in [4.78, 5) is 10.1. The molecule has 0 radical (unpaired) electrons. The van der Waals surface area contributed by atoms with Crippen LogP contribution in [0.4, 0.5) is 0 Å². The van der Waals surface area contributed by atoms with Gasteiger partial charge in [-0.2, -0.15) is 4.91 Å². The van der Waals surface area contributed by atoms with Gasteiger partial charge in [0.05, 0.1) is 0 Å². The lowest BCUT2D eigenvalue weighted by Gasteiger charge is -2.11. The van der Waals surface area contributed by atoms with E-state index >= 15 is 0 Å². The molecule has 2 atom stereocenters. The van der Waals surface area contributed by atoms with Crippen molar-refractivity contribution in [3.8, 4) is 0 Å². The highest BCUT2D eigenvalue weighted by molar-refractivity contribution is 5.18. The molecular formula is C9H11NO2. The summed E-state index contributed by atoms with van der Waals surface area (Å²) in [5, 5.41) is 12.3. The molecule has 0 bridgehead atoms. The van der Waals surface area contributed by atoms with Crippen LogP contribution in [-0.2, 0) is 0 Å². The number of aliphatic hydroxyl groups excluding tert-OH is 1. The van der Waals surface area contributed by atoms with Crippen molar-refractivity contribution in [3.63, 3.8) is 0 Å². The van der Waals surface area contributed by atoms with Crippen molar-refractivity contribution < 1.29 is 5.11 Å². The minimum atomic E-state index is -0.788. The fourth-order valence-corrected chi connectivity index (χ4v) is 0.986. The molecular weight excluding hydrogens is 154 g/mol. The Hall–Kier alpha value is -1.22. The minimum absolute atomic E-state index is 0.590. The van der Waals surface area contributed by atoms with E-state index in [1.54, 1.807) is 19.1 Å². The second-order valence-corrected chi connectivity index (χ2v) is 2.70. The van der Waals surface area contributed by atoms with Crippen LogP contribution in [0.25, 0.3) is 0 Å². The molecule has 0 spiro atoms. The smallest absolute Gasteiger partial charge is 0.119 e. The van der Waals surface area contributed by atoms with Crippen LogP contribution in [-0.4, -0.2) is 11.1 Å². The normalized spacial score (nSPS) is 15.2. The van der Waals surface area contributed by atoms with Gasteiger partial charge in [-0.05, 0) is 12.5 Å². The molecule has 64 valence electrons. The number of nitroso groups, excluding NO2 is 1. The number of rotatable bonds is 3. The van der Waals surface area contributed by atoms with E-state index in [0.29, 0.717) is 0 Å². The zero-order valence-electron chi connectivity index (χ0n) is 6.84. The van der Waals surface area contributed by atoms with E-state index in [0.717, 1.165) is 5.56 Å². The van der Waals surface area contributed by atoms with Crippen molar-refractivity contribution in [3.05, 3.63) is 40.8 Å². The highest BCUT2D eigenvalue weighted by Crippen LogP contribution is 2.17. The van der Waals surface area contributed by atoms with Gasteiger partial charge in [-0.1, -0.05) is 35.5 Å². The van der Waals surface area contributed by atoms with Crippen molar-refractivity contribution in [2.45, 2.75) is 19.1 Å². The fourth-order valence-electron chi connectivity index (χ4n) is 0.986. The summed E-state index contributed by atoms with van der Waals surface area (Å²) in [7, 11) is 0. The summed E-state index contributed by atoms with van der Waals surface area (Å²) < 4.78 is 0. The number of nitrogens with zero attached hydrogens (tertiary/aromatic N) is 1. The number of hydrogen-bond donors (Lipinski definition) is 1. The summed E-state index contributed by atoms with van der Waals surface area (Å²) in [6, 6.07) is 8.44. The summed E-state index contributed by atoms with van der Waals surface area (Å²) in [5.41, 5.74) is 0.726. The SMILES string of the molecule is C[C@H](N=O)[C@H](O)c1ccccc1. The first kappa shape index (κ1) is 8.87. The highest BCUT2D eigenvalue weighted by Gasteiger charge is 2.15. The third-order valence-corrected chi connectivity index (χ3v) is 1.76. The maximum absolute atomic E-state index is 10.1. The van der Waals surface area contributed by atoms with E-state index < -0.39 is 12.1 Å². The lowest BCUT2D eigenvalue weighted by atomic mass is 10.0. The predicted octanol–water partition coefficient (Wildman–Crippen LogP) is 1.87. The van der Waals surface area contributed by atoms with Crippen molar-refractivity contribution in [2.24, 2.45) is 5.18 Å². The molecule has 1 N–H and O–H groups in total. The Kier molecular flexibility index (Phi) is 2.94. The lowest BCUT2D eigenvalue weighted by Crippen LogP contribution is -2.11. The average Bonchev–Trinajstić information content (AvgIpc) is 2.17. The van der Waals surface area contributed by atoms with Crippen molar-refractivity contribution in [1.82, 2.24) is 0 Å². The van der Waals surface area contributed by atoms with Crippen LogP contribution in [0.15, 0.2) is 35.5 Å². The summed E-state index contributed by atoms with van der Waals surface area (Å²) in [5.74, 6) is 0. The molecule has 12 heavy (non-hydrogen) atoms. The monoisotopic (exact) mass is 165 g/mol. The minimum Gasteiger partial charge on any atom is -0.386 e. The third-order valence-electron chi connectivity index (χ3n) is 1.76. The van der Waals surface area contributed by atoms with Crippen molar-refractivity contribution in [2.75, 3.05) is 0 Å². The predicted molar refractivity (Wildman–Crippen MR) is 46.7 cm³/mol. The van der Waals surface area contributed by atoms with Crippen molar-refractivity contribution >= 4 is 0 Å². The van der Waals surface area contributed by atoms with Crippen LogP contribution in [0, 0.1) is 4.91 Å². The molecule has 0 aromatic heterocycles. The second-order valence-electron chi connectivity index (χ2n) is 2.70. The highest BCUT2D eigenvalue weighted by atomic mass is 16.3. The number of aliphatic hydroxyl groups is 1. The molecule has 1 rings (SSSR count). The molecule has 0 unspecified atom stereocenters. The second kappa shape index (κ2) is 3.97. The molecule has 0 aliphatic rings. The Morgan fingerprint density at radius 2 is 1.92 bits per heavy atom. The number of benzene rings is 1. The van der Waals surface area contributed by atoms with Gasteiger partial charge in [0.15, 0.2) is 0 Å². The van der Waals surface area contributed by atoms with Gasteiger partial charge >= 0.3 is 0 Å². The quantitative estimate of drug-likeness (QED) is 0.695. The van der Waals surface area contributed by atoms with Crippen LogP contribution in [0.1, 0.15) is 18.6 Å². The van der Waals surface area contributed by atoms with Gasteiger partial charge in [-0.15, -0.1) is 0 Å². The largest absolute Gasteiger partial charge is 0.386 e. The first-order chi connectivity index (χ1) is 5.75. The zero-order chi connectivity index (χ0) is 8.97. The average molecular weight is 165 g/mol. The molecule has 0 aliphatic carbocycles. The standard InChI is InChI=1S/C9H11NO2/c1-7(10-12)9(11)8-5-3-2-4-6-8/h2-7,9,11H,1H3/t7-,9-/m0/s1. The summed E-state index contributed by atoms with van der Waals surface area (Å²) in [6.45, 7) is 1.59. The van der Waals surface area contributed by atoms with Gasteiger partial charge in [-0.3, -0.25) is 0 Å². The first-order valence-corrected chi connectivity index (χ1v) is 3.81. The maximum Gasteiger partial charge on any atom is 0.119 e. The Balaban J connectivity index is 2.78. The van der Waals surface area contributed by atoms with Gasteiger partial charge in [0.2, 0.25) is 0 Å².